The van der Waals surface area contributed by atoms with E-state index >= 15 is 0 Å². The number of halogens is 1. The fourth-order valence-electron chi connectivity index (χ4n) is 4.10. The van der Waals surface area contributed by atoms with Gasteiger partial charge in [-0.15, -0.1) is 0 Å². The van der Waals surface area contributed by atoms with Crippen molar-refractivity contribution in [2.75, 3.05) is 13.1 Å². The van der Waals surface area contributed by atoms with E-state index in [1.165, 1.54) is 17.7 Å². The smallest absolute Gasteiger partial charge is 0.254 e. The second-order valence-corrected chi connectivity index (χ2v) is 8.13. The Morgan fingerprint density at radius 3 is 2.56 bits per heavy atom. The summed E-state index contributed by atoms with van der Waals surface area (Å²) in [6, 6.07) is 18.1. The molecule has 1 fully saturated rings. The highest BCUT2D eigenvalue weighted by molar-refractivity contribution is 6.06. The van der Waals surface area contributed by atoms with E-state index in [2.05, 4.69) is 11.7 Å². The Labute approximate surface area is 185 Å². The molecule has 0 atom stereocenters. The number of benzene rings is 2. The molecule has 0 unspecified atom stereocenters. The maximum absolute atomic E-state index is 13.7. The maximum atomic E-state index is 13.7. The number of hydrogen-bond donors (Lipinski definition) is 0. The van der Waals surface area contributed by atoms with Crippen LogP contribution in [0.15, 0.2) is 79.0 Å². The van der Waals surface area contributed by atoms with Crippen molar-refractivity contribution in [1.29, 1.82) is 0 Å². The molecule has 5 nitrogen and oxygen atoms in total. The molecule has 0 saturated carbocycles. The van der Waals surface area contributed by atoms with Crippen LogP contribution in [0.5, 0.6) is 0 Å². The van der Waals surface area contributed by atoms with Crippen molar-refractivity contribution in [2.45, 2.75) is 19.4 Å². The van der Waals surface area contributed by atoms with E-state index in [0.29, 0.717) is 41.9 Å². The lowest BCUT2D eigenvalue weighted by atomic mass is 10.0. The zero-order chi connectivity index (χ0) is 22.1. The van der Waals surface area contributed by atoms with Gasteiger partial charge in [0.25, 0.3) is 5.91 Å². The van der Waals surface area contributed by atoms with Crippen molar-refractivity contribution in [1.82, 2.24) is 19.7 Å². The average molecular weight is 426 g/mol. The van der Waals surface area contributed by atoms with E-state index in [9.17, 15) is 9.18 Å². The molecule has 160 valence electrons. The molecule has 0 radical (unpaired) electrons. The number of likely N-dealkylation sites (tertiary alicyclic amines) is 1. The number of hydrogen-bond acceptors (Lipinski definition) is 3. The van der Waals surface area contributed by atoms with E-state index in [1.807, 2.05) is 47.4 Å². The van der Waals surface area contributed by atoms with Gasteiger partial charge in [0, 0.05) is 18.7 Å². The van der Waals surface area contributed by atoms with Crippen LogP contribution in [0.1, 0.15) is 28.8 Å². The van der Waals surface area contributed by atoms with Gasteiger partial charge in [0.2, 0.25) is 0 Å². The third-order valence-electron chi connectivity index (χ3n) is 5.89. The number of piperidine rings is 1. The number of carbonyl (C=O) groups is 1. The SMILES string of the molecule is C=C1CCN(C(=O)c2cc(-c3ccccc3)nc3c2cnn3Cc2cccc(F)c2)CC1. The molecule has 0 bridgehead atoms. The summed E-state index contributed by atoms with van der Waals surface area (Å²) in [5, 5.41) is 5.21. The topological polar surface area (TPSA) is 51.0 Å². The molecule has 6 heteroatoms. The Balaban J connectivity index is 1.61. The van der Waals surface area contributed by atoms with Gasteiger partial charge in [-0.1, -0.05) is 54.6 Å². The molecule has 1 amide bonds. The number of fused-ring (bicyclic) bond motifs is 1. The summed E-state index contributed by atoms with van der Waals surface area (Å²) in [5.74, 6) is -0.313. The van der Waals surface area contributed by atoms with E-state index in [-0.39, 0.29) is 11.7 Å². The van der Waals surface area contributed by atoms with Crippen molar-refractivity contribution in [3.8, 4) is 11.3 Å². The largest absolute Gasteiger partial charge is 0.338 e. The second-order valence-electron chi connectivity index (χ2n) is 8.13. The number of aromatic nitrogens is 3. The minimum Gasteiger partial charge on any atom is -0.338 e. The van der Waals surface area contributed by atoms with E-state index in [0.717, 1.165) is 24.0 Å². The van der Waals surface area contributed by atoms with Crippen LogP contribution in [0.25, 0.3) is 22.3 Å². The van der Waals surface area contributed by atoms with Crippen LogP contribution in [0, 0.1) is 5.82 Å². The van der Waals surface area contributed by atoms with Crippen molar-refractivity contribution in [3.63, 3.8) is 0 Å². The highest BCUT2D eigenvalue weighted by atomic mass is 19.1. The van der Waals surface area contributed by atoms with Gasteiger partial charge in [-0.05, 0) is 36.6 Å². The van der Waals surface area contributed by atoms with Crippen molar-refractivity contribution < 1.29 is 9.18 Å². The molecule has 1 aliphatic rings. The molecule has 0 spiro atoms. The number of nitrogens with zero attached hydrogens (tertiary/aromatic N) is 4. The first-order valence-electron chi connectivity index (χ1n) is 10.7. The zero-order valence-electron chi connectivity index (χ0n) is 17.7. The maximum Gasteiger partial charge on any atom is 0.254 e. The standard InChI is InChI=1S/C26H23FN4O/c1-18-10-12-30(13-11-18)26(32)22-15-24(20-7-3-2-4-8-20)29-25-23(22)16-28-31(25)17-19-6-5-9-21(27)14-19/h2-9,14-16H,1,10-13,17H2. The second kappa shape index (κ2) is 8.38. The fourth-order valence-corrected chi connectivity index (χ4v) is 4.10. The summed E-state index contributed by atoms with van der Waals surface area (Å²) in [4.78, 5) is 20.2. The molecule has 0 N–H and O–H groups in total. The van der Waals surface area contributed by atoms with Crippen LogP contribution in [0.3, 0.4) is 0 Å². The van der Waals surface area contributed by atoms with Crippen LogP contribution < -0.4 is 0 Å². The third kappa shape index (κ3) is 3.91. The van der Waals surface area contributed by atoms with E-state index in [4.69, 9.17) is 4.98 Å². The van der Waals surface area contributed by atoms with Gasteiger partial charge >= 0.3 is 0 Å². The Bertz CT molecular complexity index is 1300. The van der Waals surface area contributed by atoms with Crippen LogP contribution in [0.4, 0.5) is 4.39 Å². The summed E-state index contributed by atoms with van der Waals surface area (Å²) >= 11 is 0. The minimum atomic E-state index is -0.292. The van der Waals surface area contributed by atoms with Gasteiger partial charge in [0.05, 0.1) is 29.4 Å². The lowest BCUT2D eigenvalue weighted by molar-refractivity contribution is 0.0746. The third-order valence-corrected chi connectivity index (χ3v) is 5.89. The molecule has 4 aromatic rings. The Hall–Kier alpha value is -3.80. The predicted octanol–water partition coefficient (Wildman–Crippen LogP) is 5.08. The van der Waals surface area contributed by atoms with Gasteiger partial charge in [0.15, 0.2) is 5.65 Å². The molecular weight excluding hydrogens is 403 g/mol. The molecular formula is C26H23FN4O. The van der Waals surface area contributed by atoms with E-state index < -0.39 is 0 Å². The minimum absolute atomic E-state index is 0.0209. The monoisotopic (exact) mass is 426 g/mol. The van der Waals surface area contributed by atoms with Crippen LogP contribution in [-0.4, -0.2) is 38.7 Å². The number of amides is 1. The average Bonchev–Trinajstić information content (AvgIpc) is 3.22. The predicted molar refractivity (Wildman–Crippen MR) is 123 cm³/mol. The highest BCUT2D eigenvalue weighted by Gasteiger charge is 2.24. The zero-order valence-corrected chi connectivity index (χ0v) is 17.7. The lowest BCUT2D eigenvalue weighted by Gasteiger charge is -2.28. The fraction of sp³-hybridized carbons (Fsp3) is 0.192. The molecule has 3 heterocycles. The highest BCUT2D eigenvalue weighted by Crippen LogP contribution is 2.27. The van der Waals surface area contributed by atoms with Gasteiger partial charge in [-0.25, -0.2) is 14.1 Å². The summed E-state index contributed by atoms with van der Waals surface area (Å²) in [7, 11) is 0. The first-order valence-corrected chi connectivity index (χ1v) is 10.7. The Morgan fingerprint density at radius 2 is 1.81 bits per heavy atom. The summed E-state index contributed by atoms with van der Waals surface area (Å²) < 4.78 is 15.4. The lowest BCUT2D eigenvalue weighted by Crippen LogP contribution is -2.36. The molecule has 1 saturated heterocycles. The van der Waals surface area contributed by atoms with Crippen LogP contribution in [0.2, 0.25) is 0 Å². The molecule has 1 aliphatic heterocycles. The first-order chi connectivity index (χ1) is 15.6. The Kier molecular flexibility index (Phi) is 5.27. The summed E-state index contributed by atoms with van der Waals surface area (Å²) in [5.41, 5.74) is 4.80. The number of pyridine rings is 1. The van der Waals surface area contributed by atoms with Crippen molar-refractivity contribution >= 4 is 16.9 Å². The van der Waals surface area contributed by atoms with Crippen molar-refractivity contribution in [2.24, 2.45) is 0 Å². The number of carbonyl (C=O) groups excluding carboxylic acids is 1. The van der Waals surface area contributed by atoms with Gasteiger partial charge in [-0.2, -0.15) is 5.10 Å². The van der Waals surface area contributed by atoms with Crippen molar-refractivity contribution in [3.05, 3.63) is 96.0 Å². The molecule has 32 heavy (non-hydrogen) atoms. The van der Waals surface area contributed by atoms with Crippen LogP contribution in [-0.2, 0) is 6.54 Å². The number of rotatable bonds is 4. The molecule has 2 aromatic heterocycles. The van der Waals surface area contributed by atoms with Crippen LogP contribution >= 0.6 is 0 Å². The molecule has 0 aliphatic carbocycles. The normalized spacial score (nSPS) is 14.2. The Morgan fingerprint density at radius 1 is 1.03 bits per heavy atom. The summed E-state index contributed by atoms with van der Waals surface area (Å²) in [6.07, 6.45) is 3.33. The molecule has 2 aromatic carbocycles. The van der Waals surface area contributed by atoms with Gasteiger partial charge in [0.1, 0.15) is 5.82 Å². The van der Waals surface area contributed by atoms with E-state index in [1.54, 1.807) is 16.9 Å². The quantitative estimate of drug-likeness (QED) is 0.428. The van der Waals surface area contributed by atoms with Gasteiger partial charge in [-0.3, -0.25) is 4.79 Å². The first kappa shape index (κ1) is 20.1. The van der Waals surface area contributed by atoms with Gasteiger partial charge < -0.3 is 4.90 Å². The molecule has 5 rings (SSSR count). The summed E-state index contributed by atoms with van der Waals surface area (Å²) in [6.45, 7) is 5.74.